The van der Waals surface area contributed by atoms with Crippen LogP contribution in [0.15, 0.2) is 41.5 Å². The van der Waals surface area contributed by atoms with Gasteiger partial charge in [0.15, 0.2) is 6.61 Å². The van der Waals surface area contributed by atoms with Crippen molar-refractivity contribution in [1.29, 1.82) is 0 Å². The van der Waals surface area contributed by atoms with E-state index in [9.17, 15) is 25.0 Å². The zero-order valence-electron chi connectivity index (χ0n) is 11.9. The zero-order valence-corrected chi connectivity index (χ0v) is 12.8. The van der Waals surface area contributed by atoms with Crippen LogP contribution < -0.4 is 10.2 Å². The molecule has 11 heteroatoms. The topological polar surface area (TPSA) is 137 Å². The summed E-state index contributed by atoms with van der Waals surface area (Å²) in [6, 6.07) is 8.11. The molecule has 0 fully saturated rings. The number of rotatable bonds is 7. The van der Waals surface area contributed by atoms with Crippen molar-refractivity contribution < 1.29 is 19.4 Å². The Hall–Kier alpha value is -3.34. The van der Waals surface area contributed by atoms with Crippen LogP contribution >= 0.6 is 11.3 Å². The smallest absolute Gasteiger partial charge is 0.324 e. The predicted octanol–water partition coefficient (Wildman–Crippen LogP) is 2.09. The highest BCUT2D eigenvalue weighted by atomic mass is 32.1. The molecule has 1 N–H and O–H groups in total. The van der Waals surface area contributed by atoms with Crippen LogP contribution in [0.2, 0.25) is 0 Å². The fraction of sp³-hybridized carbons (Fsp3) is 0.0769. The number of nitrogens with zero attached hydrogens (tertiary/aromatic N) is 3. The Balaban J connectivity index is 1.79. The first-order chi connectivity index (χ1) is 11.5. The van der Waals surface area contributed by atoms with Gasteiger partial charge in [-0.15, -0.1) is 0 Å². The minimum absolute atomic E-state index is 0.0238. The molecule has 2 aromatic rings. The molecule has 0 aliphatic carbocycles. The lowest BCUT2D eigenvalue weighted by atomic mass is 10.3. The third-order valence-electron chi connectivity index (χ3n) is 2.59. The van der Waals surface area contributed by atoms with Gasteiger partial charge in [0.05, 0.1) is 20.9 Å². The summed E-state index contributed by atoms with van der Waals surface area (Å²) in [6.07, 6.45) is 1.28. The lowest BCUT2D eigenvalue weighted by Gasteiger charge is -2.04. The number of hydrogen-bond donors (Lipinski definition) is 1. The lowest BCUT2D eigenvalue weighted by Crippen LogP contribution is -2.24. The molecular formula is C13H10N4O6S. The highest BCUT2D eigenvalue weighted by Crippen LogP contribution is 2.22. The number of carbonyl (C=O) groups is 1. The van der Waals surface area contributed by atoms with Crippen LogP contribution in [-0.4, -0.2) is 28.6 Å². The lowest BCUT2D eigenvalue weighted by molar-refractivity contribution is -0.384. The molecule has 0 atom stereocenters. The van der Waals surface area contributed by atoms with E-state index in [1.165, 1.54) is 42.6 Å². The first kappa shape index (κ1) is 17.0. The number of ether oxygens (including phenoxy) is 1. The summed E-state index contributed by atoms with van der Waals surface area (Å²) < 4.78 is 5.15. The number of hydrazone groups is 1. The number of amides is 1. The molecule has 1 heterocycles. The number of non-ortho nitro benzene ring substituents is 1. The summed E-state index contributed by atoms with van der Waals surface area (Å²) in [7, 11) is 0. The summed E-state index contributed by atoms with van der Waals surface area (Å²) in [5.74, 6) is -0.246. The number of benzene rings is 1. The van der Waals surface area contributed by atoms with Crippen LogP contribution in [0.4, 0.5) is 10.7 Å². The van der Waals surface area contributed by atoms with E-state index in [2.05, 4.69) is 10.5 Å². The van der Waals surface area contributed by atoms with Crippen LogP contribution in [0.1, 0.15) is 4.88 Å². The molecule has 0 unspecified atom stereocenters. The van der Waals surface area contributed by atoms with Gasteiger partial charge in [-0.05, 0) is 18.2 Å². The average Bonchev–Trinajstić information content (AvgIpc) is 3.02. The van der Waals surface area contributed by atoms with E-state index in [4.69, 9.17) is 4.74 Å². The van der Waals surface area contributed by atoms with Crippen molar-refractivity contribution in [3.05, 3.63) is 61.5 Å². The molecule has 0 bridgehead atoms. The van der Waals surface area contributed by atoms with Crippen molar-refractivity contribution in [3.8, 4) is 5.75 Å². The van der Waals surface area contributed by atoms with Crippen molar-refractivity contribution >= 4 is 34.1 Å². The van der Waals surface area contributed by atoms with E-state index < -0.39 is 15.8 Å². The summed E-state index contributed by atoms with van der Waals surface area (Å²) in [5.41, 5.74) is 2.12. The molecule has 0 radical (unpaired) electrons. The Labute approximate surface area is 138 Å². The minimum atomic E-state index is -0.546. The number of nitrogens with one attached hydrogen (secondary N) is 1. The second-order valence-electron chi connectivity index (χ2n) is 4.27. The molecule has 24 heavy (non-hydrogen) atoms. The van der Waals surface area contributed by atoms with Crippen molar-refractivity contribution in [1.82, 2.24) is 5.43 Å². The van der Waals surface area contributed by atoms with Gasteiger partial charge < -0.3 is 4.74 Å². The van der Waals surface area contributed by atoms with Crippen LogP contribution in [0.25, 0.3) is 0 Å². The van der Waals surface area contributed by atoms with Crippen LogP contribution in [0.3, 0.4) is 0 Å². The first-order valence-electron chi connectivity index (χ1n) is 6.39. The Morgan fingerprint density at radius 2 is 1.88 bits per heavy atom. The van der Waals surface area contributed by atoms with Gasteiger partial charge in [-0.1, -0.05) is 11.3 Å². The molecule has 0 aliphatic heterocycles. The Morgan fingerprint density at radius 3 is 2.46 bits per heavy atom. The second-order valence-corrected chi connectivity index (χ2v) is 5.36. The highest BCUT2D eigenvalue weighted by Gasteiger charge is 2.08. The molecule has 1 aromatic heterocycles. The summed E-state index contributed by atoms with van der Waals surface area (Å²) in [4.78, 5) is 32.0. The monoisotopic (exact) mass is 350 g/mol. The molecule has 2 rings (SSSR count). The quantitative estimate of drug-likeness (QED) is 0.461. The number of nitro benzene ring substituents is 1. The maximum Gasteiger partial charge on any atom is 0.324 e. The van der Waals surface area contributed by atoms with Crippen LogP contribution in [0, 0.1) is 20.2 Å². The molecule has 1 amide bonds. The third kappa shape index (κ3) is 4.84. The molecule has 0 saturated carbocycles. The number of nitro groups is 2. The van der Waals surface area contributed by atoms with Gasteiger partial charge >= 0.3 is 5.00 Å². The summed E-state index contributed by atoms with van der Waals surface area (Å²) >= 11 is 0.921. The molecule has 1 aromatic carbocycles. The predicted molar refractivity (Wildman–Crippen MR) is 85.3 cm³/mol. The van der Waals surface area contributed by atoms with Gasteiger partial charge in [-0.25, -0.2) is 5.43 Å². The van der Waals surface area contributed by atoms with Gasteiger partial charge in [-0.3, -0.25) is 25.0 Å². The fourth-order valence-corrected chi connectivity index (χ4v) is 2.22. The first-order valence-corrected chi connectivity index (χ1v) is 7.21. The van der Waals surface area contributed by atoms with E-state index >= 15 is 0 Å². The summed E-state index contributed by atoms with van der Waals surface area (Å²) in [5, 5.41) is 24.7. The van der Waals surface area contributed by atoms with E-state index in [0.29, 0.717) is 10.6 Å². The van der Waals surface area contributed by atoms with Gasteiger partial charge in [0.1, 0.15) is 5.75 Å². The number of carbonyl (C=O) groups excluding carboxylic acids is 1. The molecule has 124 valence electrons. The Morgan fingerprint density at radius 1 is 1.17 bits per heavy atom. The van der Waals surface area contributed by atoms with Crippen molar-refractivity contribution in [3.63, 3.8) is 0 Å². The van der Waals surface area contributed by atoms with Crippen LogP contribution in [-0.2, 0) is 4.79 Å². The zero-order chi connectivity index (χ0) is 17.5. The molecule has 0 saturated heterocycles. The van der Waals surface area contributed by atoms with Gasteiger partial charge in [0.2, 0.25) is 0 Å². The van der Waals surface area contributed by atoms with E-state index in [1.807, 2.05) is 0 Å². The summed E-state index contributed by atoms with van der Waals surface area (Å²) in [6.45, 7) is -0.334. The second kappa shape index (κ2) is 7.78. The fourth-order valence-electron chi connectivity index (χ4n) is 1.52. The molecule has 10 nitrogen and oxygen atoms in total. The molecule has 0 aliphatic rings. The maximum absolute atomic E-state index is 11.5. The van der Waals surface area contributed by atoms with Gasteiger partial charge in [0, 0.05) is 18.2 Å². The third-order valence-corrected chi connectivity index (χ3v) is 3.56. The standard InChI is InChI=1S/C13H10N4O6S/c18-12(8-23-10-3-1-9(2-4-10)16(19)20)15-14-7-11-5-6-13(24-11)17(21)22/h1-7H,8H2,(H,15,18). The van der Waals surface area contributed by atoms with Crippen molar-refractivity contribution in [2.75, 3.05) is 6.61 Å². The minimum Gasteiger partial charge on any atom is -0.484 e. The number of hydrogen-bond acceptors (Lipinski definition) is 8. The molecule has 0 spiro atoms. The van der Waals surface area contributed by atoms with E-state index in [0.717, 1.165) is 11.3 Å². The van der Waals surface area contributed by atoms with Gasteiger partial charge in [-0.2, -0.15) is 5.10 Å². The average molecular weight is 350 g/mol. The van der Waals surface area contributed by atoms with Crippen LogP contribution in [0.5, 0.6) is 5.75 Å². The Bertz CT molecular complexity index is 786. The van der Waals surface area contributed by atoms with Crippen molar-refractivity contribution in [2.24, 2.45) is 5.10 Å². The van der Waals surface area contributed by atoms with E-state index in [-0.39, 0.29) is 17.3 Å². The number of thiophene rings is 1. The van der Waals surface area contributed by atoms with Gasteiger partial charge in [0.25, 0.3) is 11.6 Å². The largest absolute Gasteiger partial charge is 0.484 e. The Kier molecular flexibility index (Phi) is 5.52. The SMILES string of the molecule is O=C(COc1ccc([N+](=O)[O-])cc1)NN=Cc1ccc([N+](=O)[O-])s1. The van der Waals surface area contributed by atoms with E-state index in [1.54, 1.807) is 0 Å². The highest BCUT2D eigenvalue weighted by molar-refractivity contribution is 7.16. The van der Waals surface area contributed by atoms with Crippen molar-refractivity contribution in [2.45, 2.75) is 0 Å². The maximum atomic E-state index is 11.5. The normalized spacial score (nSPS) is 10.5. The molecular weight excluding hydrogens is 340 g/mol.